The number of ether oxygens (including phenoxy) is 2. The number of halogens is 3. The van der Waals surface area contributed by atoms with Gasteiger partial charge in [0.05, 0.1) is 6.42 Å². The van der Waals surface area contributed by atoms with Gasteiger partial charge < -0.3 is 20.1 Å². The van der Waals surface area contributed by atoms with Crippen LogP contribution in [0.2, 0.25) is 0 Å². The highest BCUT2D eigenvalue weighted by Gasteiger charge is 2.31. The summed E-state index contributed by atoms with van der Waals surface area (Å²) in [5.74, 6) is 0.228. The van der Waals surface area contributed by atoms with Gasteiger partial charge >= 0.3 is 12.2 Å². The molecule has 116 valence electrons. The summed E-state index contributed by atoms with van der Waals surface area (Å²) >= 11 is 0. The molecule has 1 aliphatic rings. The van der Waals surface area contributed by atoms with Crippen molar-refractivity contribution < 1.29 is 27.4 Å². The van der Waals surface area contributed by atoms with Gasteiger partial charge in [-0.3, -0.25) is 0 Å². The molecule has 8 heteroatoms. The Morgan fingerprint density at radius 2 is 1.90 bits per heavy atom. The van der Waals surface area contributed by atoms with Crippen molar-refractivity contribution in [2.45, 2.75) is 32.2 Å². The maximum Gasteiger partial charge on any atom is 0.390 e. The normalized spacial score (nSPS) is 15.7. The zero-order valence-corrected chi connectivity index (χ0v) is 11.5. The molecule has 0 aromatic heterocycles. The van der Waals surface area contributed by atoms with Gasteiger partial charge in [0.1, 0.15) is 0 Å². The van der Waals surface area contributed by atoms with Gasteiger partial charge in [-0.1, -0.05) is 0 Å². The molecule has 1 aliphatic heterocycles. The predicted molar refractivity (Wildman–Crippen MR) is 69.5 cm³/mol. The van der Waals surface area contributed by atoms with Crippen molar-refractivity contribution in [3.8, 4) is 11.5 Å². The van der Waals surface area contributed by atoms with E-state index < -0.39 is 31.0 Å². The molecule has 1 aromatic carbocycles. The number of carbonyl (C=O) groups is 1. The minimum absolute atomic E-state index is 0.402. The Morgan fingerprint density at radius 3 is 2.57 bits per heavy atom. The number of hydrogen-bond acceptors (Lipinski definition) is 3. The van der Waals surface area contributed by atoms with Gasteiger partial charge in [0.25, 0.3) is 0 Å². The Bertz CT molecular complexity index is 544. The van der Waals surface area contributed by atoms with Crippen LogP contribution in [0.1, 0.15) is 20.3 Å². The summed E-state index contributed by atoms with van der Waals surface area (Å²) in [5, 5.41) is 4.56. The Morgan fingerprint density at radius 1 is 1.24 bits per heavy atom. The zero-order chi connectivity index (χ0) is 15.7. The summed E-state index contributed by atoms with van der Waals surface area (Å²) in [6.07, 6.45) is -5.37. The van der Waals surface area contributed by atoms with E-state index in [0.717, 1.165) is 0 Å². The highest BCUT2D eigenvalue weighted by molar-refractivity contribution is 5.89. The number of carbonyl (C=O) groups excluding carboxylic acids is 1. The molecule has 2 amide bonds. The first-order valence-corrected chi connectivity index (χ1v) is 6.28. The molecule has 1 heterocycles. The summed E-state index contributed by atoms with van der Waals surface area (Å²) in [5.41, 5.74) is 0.402. The number of nitrogens with one attached hydrogen (secondary N) is 2. The van der Waals surface area contributed by atoms with Gasteiger partial charge in [-0.05, 0) is 12.1 Å². The van der Waals surface area contributed by atoms with E-state index in [1.807, 2.05) is 0 Å². The van der Waals surface area contributed by atoms with Crippen LogP contribution in [-0.2, 0) is 0 Å². The maximum atomic E-state index is 12.0. The quantitative estimate of drug-likeness (QED) is 0.901. The van der Waals surface area contributed by atoms with Gasteiger partial charge in [0.15, 0.2) is 11.5 Å². The number of anilines is 1. The molecule has 5 nitrogen and oxygen atoms in total. The van der Waals surface area contributed by atoms with E-state index >= 15 is 0 Å². The predicted octanol–water partition coefficient (Wildman–Crippen LogP) is 3.27. The summed E-state index contributed by atoms with van der Waals surface area (Å²) in [4.78, 5) is 11.5. The van der Waals surface area contributed by atoms with Crippen LogP contribution in [0.4, 0.5) is 23.7 Å². The number of hydrogen-bond donors (Lipinski definition) is 2. The molecule has 2 rings (SSSR count). The van der Waals surface area contributed by atoms with Crippen LogP contribution in [-0.4, -0.2) is 24.5 Å². The average Bonchev–Trinajstić information content (AvgIpc) is 2.60. The maximum absolute atomic E-state index is 12.0. The van der Waals surface area contributed by atoms with Crippen LogP contribution in [0.15, 0.2) is 18.2 Å². The third-order valence-corrected chi connectivity index (χ3v) is 2.61. The molecule has 0 spiro atoms. The first-order valence-electron chi connectivity index (χ1n) is 6.28. The third-order valence-electron chi connectivity index (χ3n) is 2.61. The van der Waals surface area contributed by atoms with E-state index in [1.54, 1.807) is 32.0 Å². The van der Waals surface area contributed by atoms with Gasteiger partial charge in [0.2, 0.25) is 5.79 Å². The fourth-order valence-electron chi connectivity index (χ4n) is 1.79. The van der Waals surface area contributed by atoms with Crippen molar-refractivity contribution in [1.29, 1.82) is 0 Å². The van der Waals surface area contributed by atoms with E-state index in [2.05, 4.69) is 10.6 Å². The van der Waals surface area contributed by atoms with E-state index in [9.17, 15) is 18.0 Å². The number of benzene rings is 1. The lowest BCUT2D eigenvalue weighted by atomic mass is 10.3. The number of amides is 2. The van der Waals surface area contributed by atoms with Crippen molar-refractivity contribution in [3.63, 3.8) is 0 Å². The topological polar surface area (TPSA) is 59.6 Å². The lowest BCUT2D eigenvalue weighted by Gasteiger charge is -2.16. The van der Waals surface area contributed by atoms with Crippen LogP contribution in [0, 0.1) is 0 Å². The molecule has 2 N–H and O–H groups in total. The molecule has 0 fully saturated rings. The molecule has 0 saturated heterocycles. The van der Waals surface area contributed by atoms with Crippen molar-refractivity contribution in [2.24, 2.45) is 0 Å². The summed E-state index contributed by atoms with van der Waals surface area (Å²) < 4.78 is 46.8. The minimum atomic E-state index is -4.29. The molecular weight excluding hydrogens is 289 g/mol. The summed E-state index contributed by atoms with van der Waals surface area (Å²) in [6.45, 7) is 3.00. The average molecular weight is 304 g/mol. The lowest BCUT2D eigenvalue weighted by Crippen LogP contribution is -2.31. The standard InChI is InChI=1S/C13H15F3N2O3/c1-12(2)20-9-4-3-8(7-10(9)21-12)18-11(19)17-6-5-13(14,15)16/h3-4,7H,5-6H2,1-2H3,(H2,17,18,19). The molecule has 0 aliphatic carbocycles. The fraction of sp³-hybridized carbons (Fsp3) is 0.462. The number of alkyl halides is 3. The van der Waals surface area contributed by atoms with Crippen LogP contribution in [0.25, 0.3) is 0 Å². The molecule has 0 unspecified atom stereocenters. The zero-order valence-electron chi connectivity index (χ0n) is 11.5. The van der Waals surface area contributed by atoms with Gasteiger partial charge in [-0.15, -0.1) is 0 Å². The Kier molecular flexibility index (Phi) is 3.89. The van der Waals surface area contributed by atoms with Crippen molar-refractivity contribution in [1.82, 2.24) is 5.32 Å². The van der Waals surface area contributed by atoms with Crippen LogP contribution in [0.5, 0.6) is 11.5 Å². The van der Waals surface area contributed by atoms with Crippen molar-refractivity contribution in [2.75, 3.05) is 11.9 Å². The molecule has 1 aromatic rings. The molecule has 0 saturated carbocycles. The highest BCUT2D eigenvalue weighted by atomic mass is 19.4. The Balaban J connectivity index is 1.88. The van der Waals surface area contributed by atoms with E-state index in [1.165, 1.54) is 0 Å². The number of rotatable bonds is 3. The number of urea groups is 1. The van der Waals surface area contributed by atoms with Crippen LogP contribution in [0.3, 0.4) is 0 Å². The third kappa shape index (κ3) is 4.44. The van der Waals surface area contributed by atoms with Crippen molar-refractivity contribution in [3.05, 3.63) is 18.2 Å². The van der Waals surface area contributed by atoms with Crippen LogP contribution >= 0.6 is 0 Å². The SMILES string of the molecule is CC1(C)Oc2ccc(NC(=O)NCCC(F)(F)F)cc2O1. The highest BCUT2D eigenvalue weighted by Crippen LogP contribution is 2.40. The molecular formula is C13H15F3N2O3. The molecule has 21 heavy (non-hydrogen) atoms. The fourth-order valence-corrected chi connectivity index (χ4v) is 1.79. The summed E-state index contributed by atoms with van der Waals surface area (Å²) in [6, 6.07) is 4.04. The molecule has 0 bridgehead atoms. The second-order valence-corrected chi connectivity index (χ2v) is 5.01. The largest absolute Gasteiger partial charge is 0.449 e. The molecule has 0 atom stereocenters. The first-order chi connectivity index (χ1) is 9.65. The van der Waals surface area contributed by atoms with E-state index in [4.69, 9.17) is 9.47 Å². The molecule has 0 radical (unpaired) electrons. The number of fused-ring (bicyclic) bond motifs is 1. The Hall–Kier alpha value is -2.12. The van der Waals surface area contributed by atoms with Gasteiger partial charge in [-0.25, -0.2) is 4.79 Å². The van der Waals surface area contributed by atoms with Gasteiger partial charge in [-0.2, -0.15) is 13.2 Å². The van der Waals surface area contributed by atoms with Crippen LogP contribution < -0.4 is 20.1 Å². The monoisotopic (exact) mass is 304 g/mol. The van der Waals surface area contributed by atoms with E-state index in [0.29, 0.717) is 17.2 Å². The summed E-state index contributed by atoms with van der Waals surface area (Å²) in [7, 11) is 0. The first kappa shape index (κ1) is 15.3. The smallest absolute Gasteiger partial charge is 0.390 e. The lowest BCUT2D eigenvalue weighted by molar-refractivity contribution is -0.132. The Labute approximate surface area is 119 Å². The van der Waals surface area contributed by atoms with Gasteiger partial charge in [0, 0.05) is 32.1 Å². The van der Waals surface area contributed by atoms with Crippen molar-refractivity contribution >= 4 is 11.7 Å². The second-order valence-electron chi connectivity index (χ2n) is 5.01. The minimum Gasteiger partial charge on any atom is -0.449 e. The van der Waals surface area contributed by atoms with E-state index in [-0.39, 0.29) is 0 Å². The second kappa shape index (κ2) is 5.34.